The summed E-state index contributed by atoms with van der Waals surface area (Å²) in [4.78, 5) is 12.0. The average molecular weight is 287 g/mol. The van der Waals surface area contributed by atoms with E-state index in [0.717, 1.165) is 23.5 Å². The number of fused-ring (bicyclic) bond motifs is 1. The summed E-state index contributed by atoms with van der Waals surface area (Å²) >= 11 is 0. The SMILES string of the molecule is CC1CCCCC1NC(=O)C=Cc1ccc2c(c1)OCO2. The number of hydrogen-bond acceptors (Lipinski definition) is 3. The maximum Gasteiger partial charge on any atom is 0.244 e. The largest absolute Gasteiger partial charge is 0.454 e. The lowest BCUT2D eigenvalue weighted by Gasteiger charge is -2.29. The summed E-state index contributed by atoms with van der Waals surface area (Å²) in [5, 5.41) is 3.11. The van der Waals surface area contributed by atoms with Crippen LogP contribution in [0, 0.1) is 5.92 Å². The molecule has 0 saturated heterocycles. The summed E-state index contributed by atoms with van der Waals surface area (Å²) < 4.78 is 10.6. The van der Waals surface area contributed by atoms with Crippen molar-refractivity contribution >= 4 is 12.0 Å². The van der Waals surface area contributed by atoms with Crippen molar-refractivity contribution in [1.82, 2.24) is 5.32 Å². The molecule has 1 aliphatic heterocycles. The van der Waals surface area contributed by atoms with Gasteiger partial charge in [0, 0.05) is 12.1 Å². The molecule has 2 atom stereocenters. The highest BCUT2D eigenvalue weighted by Gasteiger charge is 2.21. The number of ether oxygens (including phenoxy) is 2. The lowest BCUT2D eigenvalue weighted by atomic mass is 9.86. The van der Waals surface area contributed by atoms with Gasteiger partial charge in [-0.05, 0) is 42.5 Å². The Morgan fingerprint density at radius 2 is 2.05 bits per heavy atom. The second-order valence-corrected chi connectivity index (χ2v) is 5.82. The highest BCUT2D eigenvalue weighted by molar-refractivity contribution is 5.92. The molecule has 4 nitrogen and oxygen atoms in total. The van der Waals surface area contributed by atoms with E-state index in [1.165, 1.54) is 19.3 Å². The molecular formula is C17H21NO3. The molecule has 1 aromatic carbocycles. The third-order valence-electron chi connectivity index (χ3n) is 4.26. The van der Waals surface area contributed by atoms with Crippen molar-refractivity contribution in [2.75, 3.05) is 6.79 Å². The zero-order valence-electron chi connectivity index (χ0n) is 12.3. The fourth-order valence-electron chi connectivity index (χ4n) is 2.95. The summed E-state index contributed by atoms with van der Waals surface area (Å²) in [5.74, 6) is 2.04. The zero-order chi connectivity index (χ0) is 14.7. The van der Waals surface area contributed by atoms with E-state index < -0.39 is 0 Å². The summed E-state index contributed by atoms with van der Waals surface area (Å²) in [5.41, 5.74) is 0.936. The predicted octanol–water partition coefficient (Wildman–Crippen LogP) is 3.12. The van der Waals surface area contributed by atoms with Gasteiger partial charge in [-0.15, -0.1) is 0 Å². The van der Waals surface area contributed by atoms with Gasteiger partial charge >= 0.3 is 0 Å². The molecule has 4 heteroatoms. The number of benzene rings is 1. The number of hydrogen-bond donors (Lipinski definition) is 1. The molecule has 2 aliphatic rings. The minimum Gasteiger partial charge on any atom is -0.454 e. The van der Waals surface area contributed by atoms with E-state index >= 15 is 0 Å². The van der Waals surface area contributed by atoms with Gasteiger partial charge in [0.15, 0.2) is 11.5 Å². The minimum absolute atomic E-state index is 0.0218. The first kappa shape index (κ1) is 14.0. The predicted molar refractivity (Wildman–Crippen MR) is 81.2 cm³/mol. The number of rotatable bonds is 3. The highest BCUT2D eigenvalue weighted by atomic mass is 16.7. The van der Waals surface area contributed by atoms with Crippen LogP contribution in [0.5, 0.6) is 11.5 Å². The number of amides is 1. The normalized spacial score (nSPS) is 24.2. The molecule has 0 spiro atoms. The molecule has 1 aromatic rings. The molecule has 1 fully saturated rings. The van der Waals surface area contributed by atoms with Gasteiger partial charge in [0.2, 0.25) is 12.7 Å². The van der Waals surface area contributed by atoms with Crippen LogP contribution in [0.2, 0.25) is 0 Å². The molecule has 0 aromatic heterocycles. The molecule has 1 saturated carbocycles. The Labute approximate surface area is 125 Å². The lowest BCUT2D eigenvalue weighted by Crippen LogP contribution is -2.40. The van der Waals surface area contributed by atoms with Gasteiger partial charge in [-0.25, -0.2) is 0 Å². The molecule has 1 N–H and O–H groups in total. The van der Waals surface area contributed by atoms with E-state index in [1.54, 1.807) is 6.08 Å². The molecular weight excluding hydrogens is 266 g/mol. The smallest absolute Gasteiger partial charge is 0.244 e. The third-order valence-corrected chi connectivity index (χ3v) is 4.26. The van der Waals surface area contributed by atoms with Gasteiger partial charge in [-0.3, -0.25) is 4.79 Å². The van der Waals surface area contributed by atoms with Crippen molar-refractivity contribution in [3.63, 3.8) is 0 Å². The van der Waals surface area contributed by atoms with Crippen molar-refractivity contribution < 1.29 is 14.3 Å². The maximum absolute atomic E-state index is 12.0. The molecule has 21 heavy (non-hydrogen) atoms. The molecule has 0 radical (unpaired) electrons. The van der Waals surface area contributed by atoms with Gasteiger partial charge in [-0.1, -0.05) is 25.8 Å². The Morgan fingerprint density at radius 1 is 1.24 bits per heavy atom. The molecule has 0 bridgehead atoms. The van der Waals surface area contributed by atoms with Crippen LogP contribution < -0.4 is 14.8 Å². The van der Waals surface area contributed by atoms with Crippen LogP contribution >= 0.6 is 0 Å². The fourth-order valence-corrected chi connectivity index (χ4v) is 2.95. The van der Waals surface area contributed by atoms with Crippen molar-refractivity contribution in [3.05, 3.63) is 29.8 Å². The first-order valence-electron chi connectivity index (χ1n) is 7.60. The topological polar surface area (TPSA) is 47.6 Å². The van der Waals surface area contributed by atoms with Crippen LogP contribution in [0.3, 0.4) is 0 Å². The fraction of sp³-hybridized carbons (Fsp3) is 0.471. The van der Waals surface area contributed by atoms with Crippen LogP contribution in [0.4, 0.5) is 0 Å². The Kier molecular flexibility index (Phi) is 4.13. The molecule has 1 heterocycles. The van der Waals surface area contributed by atoms with Crippen molar-refractivity contribution in [2.24, 2.45) is 5.92 Å². The molecule has 1 amide bonds. The number of carbonyl (C=O) groups excluding carboxylic acids is 1. The second kappa shape index (κ2) is 6.20. The first-order valence-corrected chi connectivity index (χ1v) is 7.60. The second-order valence-electron chi connectivity index (χ2n) is 5.82. The zero-order valence-corrected chi connectivity index (χ0v) is 12.3. The minimum atomic E-state index is -0.0218. The van der Waals surface area contributed by atoms with Crippen molar-refractivity contribution in [3.8, 4) is 11.5 Å². The molecule has 1 aliphatic carbocycles. The van der Waals surface area contributed by atoms with Crippen LogP contribution in [-0.2, 0) is 4.79 Å². The highest BCUT2D eigenvalue weighted by Crippen LogP contribution is 2.32. The van der Waals surface area contributed by atoms with Gasteiger partial charge in [-0.2, -0.15) is 0 Å². The maximum atomic E-state index is 12.0. The summed E-state index contributed by atoms with van der Waals surface area (Å²) in [7, 11) is 0. The van der Waals surface area contributed by atoms with Crippen LogP contribution in [0.25, 0.3) is 6.08 Å². The Hall–Kier alpha value is -1.97. The first-order chi connectivity index (χ1) is 10.2. The lowest BCUT2D eigenvalue weighted by molar-refractivity contribution is -0.117. The van der Waals surface area contributed by atoms with Crippen molar-refractivity contribution in [1.29, 1.82) is 0 Å². The van der Waals surface area contributed by atoms with E-state index in [1.807, 2.05) is 24.3 Å². The Balaban J connectivity index is 1.59. The van der Waals surface area contributed by atoms with Gasteiger partial charge < -0.3 is 14.8 Å². The monoisotopic (exact) mass is 287 g/mol. The van der Waals surface area contributed by atoms with Crippen LogP contribution in [0.1, 0.15) is 38.2 Å². The summed E-state index contributed by atoms with van der Waals surface area (Å²) in [6.07, 6.45) is 8.19. The van der Waals surface area contributed by atoms with Crippen molar-refractivity contribution in [2.45, 2.75) is 38.6 Å². The van der Waals surface area contributed by atoms with E-state index in [2.05, 4.69) is 12.2 Å². The van der Waals surface area contributed by atoms with E-state index in [4.69, 9.17) is 9.47 Å². The average Bonchev–Trinajstić information content (AvgIpc) is 2.95. The number of carbonyl (C=O) groups is 1. The van der Waals surface area contributed by atoms with Crippen LogP contribution in [-0.4, -0.2) is 18.7 Å². The Bertz CT molecular complexity index is 553. The number of nitrogens with one attached hydrogen (secondary N) is 1. The standard InChI is InChI=1S/C17H21NO3/c1-12-4-2-3-5-14(12)18-17(19)9-7-13-6-8-15-16(10-13)21-11-20-15/h6-10,12,14H,2-5,11H2,1H3,(H,18,19). The summed E-state index contributed by atoms with van der Waals surface area (Å²) in [6.45, 7) is 2.48. The van der Waals surface area contributed by atoms with E-state index in [9.17, 15) is 4.79 Å². The van der Waals surface area contributed by atoms with E-state index in [-0.39, 0.29) is 12.7 Å². The van der Waals surface area contributed by atoms with Crippen LogP contribution in [0.15, 0.2) is 24.3 Å². The summed E-state index contributed by atoms with van der Waals surface area (Å²) in [6, 6.07) is 5.98. The van der Waals surface area contributed by atoms with Gasteiger partial charge in [0.25, 0.3) is 0 Å². The Morgan fingerprint density at radius 3 is 2.90 bits per heavy atom. The van der Waals surface area contributed by atoms with E-state index in [0.29, 0.717) is 12.0 Å². The quantitative estimate of drug-likeness (QED) is 0.869. The molecule has 2 unspecified atom stereocenters. The molecule has 112 valence electrons. The van der Waals surface area contributed by atoms with Gasteiger partial charge in [0.05, 0.1) is 0 Å². The van der Waals surface area contributed by atoms with Gasteiger partial charge in [0.1, 0.15) is 0 Å². The third kappa shape index (κ3) is 3.38. The molecule has 3 rings (SSSR count).